The maximum absolute atomic E-state index is 12.4. The highest BCUT2D eigenvalue weighted by molar-refractivity contribution is 5.85. The van der Waals surface area contributed by atoms with E-state index in [1.54, 1.807) is 0 Å². The van der Waals surface area contributed by atoms with Crippen LogP contribution < -0.4 is 10.1 Å². The number of amides is 1. The molecule has 1 aromatic rings. The number of piperidine rings is 1. The minimum Gasteiger partial charge on any atom is -0.493 e. The molecular weight excluding hydrogens is 324 g/mol. The van der Waals surface area contributed by atoms with Crippen molar-refractivity contribution in [3.8, 4) is 5.75 Å². The molecule has 0 aliphatic carbocycles. The van der Waals surface area contributed by atoms with E-state index in [1.807, 2.05) is 11.9 Å². The van der Waals surface area contributed by atoms with Gasteiger partial charge >= 0.3 is 0 Å². The van der Waals surface area contributed by atoms with E-state index in [0.717, 1.165) is 37.4 Å². The highest BCUT2D eigenvalue weighted by atomic mass is 35.5. The average Bonchev–Trinajstić information content (AvgIpc) is 2.52. The van der Waals surface area contributed by atoms with Crippen LogP contribution in [0.4, 0.5) is 0 Å². The van der Waals surface area contributed by atoms with Gasteiger partial charge in [0.15, 0.2) is 0 Å². The number of likely N-dealkylation sites (tertiary alicyclic amines) is 1. The molecule has 0 aromatic heterocycles. The van der Waals surface area contributed by atoms with E-state index in [9.17, 15) is 4.79 Å². The third kappa shape index (κ3) is 5.67. The summed E-state index contributed by atoms with van der Waals surface area (Å²) in [7, 11) is 1.97. The molecule has 1 unspecified atom stereocenters. The van der Waals surface area contributed by atoms with Crippen LogP contribution in [0.5, 0.6) is 5.75 Å². The number of hydrogen-bond donors (Lipinski definition) is 1. The summed E-state index contributed by atoms with van der Waals surface area (Å²) in [5.74, 6) is 1.70. The first-order valence-corrected chi connectivity index (χ1v) is 8.64. The number of carbonyl (C=O) groups excluding carboxylic acids is 1. The molecule has 2 rings (SSSR count). The second-order valence-electron chi connectivity index (χ2n) is 6.71. The number of aryl methyl sites for hydroxylation is 2. The van der Waals surface area contributed by atoms with Crippen LogP contribution in [0.15, 0.2) is 12.1 Å². The lowest BCUT2D eigenvalue weighted by Gasteiger charge is -2.32. The predicted octanol–water partition coefficient (Wildman–Crippen LogP) is 3.26. The van der Waals surface area contributed by atoms with Crippen molar-refractivity contribution in [1.29, 1.82) is 0 Å². The van der Waals surface area contributed by atoms with Gasteiger partial charge in [-0.05, 0) is 75.9 Å². The van der Waals surface area contributed by atoms with Crippen LogP contribution in [0.3, 0.4) is 0 Å². The van der Waals surface area contributed by atoms with Gasteiger partial charge in [0.25, 0.3) is 0 Å². The third-order valence-electron chi connectivity index (χ3n) is 4.70. The summed E-state index contributed by atoms with van der Waals surface area (Å²) in [4.78, 5) is 14.4. The van der Waals surface area contributed by atoms with Gasteiger partial charge in [0.1, 0.15) is 5.75 Å². The minimum absolute atomic E-state index is 0. The molecule has 1 aliphatic heterocycles. The first-order valence-electron chi connectivity index (χ1n) is 8.64. The summed E-state index contributed by atoms with van der Waals surface area (Å²) >= 11 is 0. The van der Waals surface area contributed by atoms with Crippen LogP contribution >= 0.6 is 12.4 Å². The molecule has 1 aliphatic rings. The van der Waals surface area contributed by atoms with Crippen molar-refractivity contribution in [1.82, 2.24) is 10.2 Å². The van der Waals surface area contributed by atoms with E-state index >= 15 is 0 Å². The molecule has 0 saturated carbocycles. The molecule has 24 heavy (non-hydrogen) atoms. The number of nitrogens with zero attached hydrogens (tertiary/aromatic N) is 1. The summed E-state index contributed by atoms with van der Waals surface area (Å²) in [6, 6.07) is 4.21. The summed E-state index contributed by atoms with van der Waals surface area (Å²) in [5.41, 5.74) is 3.59. The average molecular weight is 355 g/mol. The van der Waals surface area contributed by atoms with Crippen LogP contribution in [0.25, 0.3) is 0 Å². The van der Waals surface area contributed by atoms with Gasteiger partial charge in [-0.2, -0.15) is 0 Å². The van der Waals surface area contributed by atoms with Crippen molar-refractivity contribution < 1.29 is 9.53 Å². The zero-order chi connectivity index (χ0) is 16.8. The van der Waals surface area contributed by atoms with E-state index < -0.39 is 0 Å². The number of halogens is 1. The molecule has 1 amide bonds. The molecule has 0 radical (unpaired) electrons. The maximum Gasteiger partial charge on any atom is 0.226 e. The Morgan fingerprint density at radius 3 is 2.79 bits per heavy atom. The summed E-state index contributed by atoms with van der Waals surface area (Å²) in [6.45, 7) is 9.44. The Bertz CT molecular complexity index is 546. The second kappa shape index (κ2) is 9.90. The molecule has 5 heteroatoms. The maximum atomic E-state index is 12.4. The molecule has 0 bridgehead atoms. The molecular formula is C19H31ClN2O2. The lowest BCUT2D eigenvalue weighted by Crippen LogP contribution is -2.42. The molecule has 136 valence electrons. The molecule has 1 N–H and O–H groups in total. The summed E-state index contributed by atoms with van der Waals surface area (Å²) < 4.78 is 5.87. The number of benzene rings is 1. The van der Waals surface area contributed by atoms with Crippen LogP contribution in [-0.2, 0) is 4.79 Å². The van der Waals surface area contributed by atoms with Crippen LogP contribution in [0.2, 0.25) is 0 Å². The first kappa shape index (κ1) is 20.8. The SMILES string of the molecule is CNCC1CCCN(C(=O)CCOc2cc(C)cc(C)c2C)C1.Cl. The van der Waals surface area contributed by atoms with Crippen molar-refractivity contribution in [2.75, 3.05) is 33.3 Å². The predicted molar refractivity (Wildman–Crippen MR) is 101 cm³/mol. The van der Waals surface area contributed by atoms with E-state index in [-0.39, 0.29) is 18.3 Å². The molecule has 1 saturated heterocycles. The Morgan fingerprint density at radius 2 is 2.08 bits per heavy atom. The molecule has 0 spiro atoms. The second-order valence-corrected chi connectivity index (χ2v) is 6.71. The lowest BCUT2D eigenvalue weighted by molar-refractivity contribution is -0.133. The van der Waals surface area contributed by atoms with Gasteiger partial charge in [-0.15, -0.1) is 12.4 Å². The Morgan fingerprint density at radius 1 is 1.33 bits per heavy atom. The summed E-state index contributed by atoms with van der Waals surface area (Å²) in [6.07, 6.45) is 2.77. The Labute approximate surface area is 152 Å². The number of hydrogen-bond acceptors (Lipinski definition) is 3. The van der Waals surface area contributed by atoms with Gasteiger partial charge in [0, 0.05) is 13.1 Å². The van der Waals surface area contributed by atoms with Crippen LogP contribution in [-0.4, -0.2) is 44.1 Å². The molecule has 1 fully saturated rings. The van der Waals surface area contributed by atoms with Gasteiger partial charge in [0.05, 0.1) is 13.0 Å². The zero-order valence-corrected chi connectivity index (χ0v) is 16.2. The molecule has 1 heterocycles. The van der Waals surface area contributed by atoms with Crippen molar-refractivity contribution in [3.05, 3.63) is 28.8 Å². The van der Waals surface area contributed by atoms with Crippen LogP contribution in [0.1, 0.15) is 36.0 Å². The van der Waals surface area contributed by atoms with Crippen molar-refractivity contribution >= 4 is 18.3 Å². The fraction of sp³-hybridized carbons (Fsp3) is 0.632. The van der Waals surface area contributed by atoms with Gasteiger partial charge in [-0.3, -0.25) is 4.79 Å². The third-order valence-corrected chi connectivity index (χ3v) is 4.70. The number of ether oxygens (including phenoxy) is 1. The Hall–Kier alpha value is -1.26. The minimum atomic E-state index is 0. The van der Waals surface area contributed by atoms with Gasteiger partial charge < -0.3 is 15.0 Å². The monoisotopic (exact) mass is 354 g/mol. The van der Waals surface area contributed by atoms with E-state index in [1.165, 1.54) is 17.5 Å². The summed E-state index contributed by atoms with van der Waals surface area (Å²) in [5, 5.41) is 3.22. The van der Waals surface area contributed by atoms with E-state index in [0.29, 0.717) is 18.9 Å². The molecule has 1 atom stereocenters. The smallest absolute Gasteiger partial charge is 0.226 e. The highest BCUT2D eigenvalue weighted by Crippen LogP contribution is 2.23. The molecule has 1 aromatic carbocycles. The molecule has 4 nitrogen and oxygen atoms in total. The number of rotatable bonds is 6. The van der Waals surface area contributed by atoms with Crippen molar-refractivity contribution in [2.45, 2.75) is 40.0 Å². The highest BCUT2D eigenvalue weighted by Gasteiger charge is 2.22. The van der Waals surface area contributed by atoms with Gasteiger partial charge in [-0.1, -0.05) is 6.07 Å². The number of nitrogens with one attached hydrogen (secondary N) is 1. The Kier molecular flexibility index (Phi) is 8.57. The van der Waals surface area contributed by atoms with Gasteiger partial charge in [-0.25, -0.2) is 0 Å². The largest absolute Gasteiger partial charge is 0.493 e. The van der Waals surface area contributed by atoms with Crippen molar-refractivity contribution in [2.24, 2.45) is 5.92 Å². The van der Waals surface area contributed by atoms with Crippen molar-refractivity contribution in [3.63, 3.8) is 0 Å². The zero-order valence-electron chi connectivity index (χ0n) is 15.4. The standard InChI is InChI=1S/C19H30N2O2.ClH/c1-14-10-15(2)16(3)18(11-14)23-9-7-19(22)21-8-5-6-17(13-21)12-20-4;/h10-11,17,20H,5-9,12-13H2,1-4H3;1H. The normalized spacial score (nSPS) is 17.3. The quantitative estimate of drug-likeness (QED) is 0.852. The fourth-order valence-corrected chi connectivity index (χ4v) is 3.30. The lowest BCUT2D eigenvalue weighted by atomic mass is 9.98. The van der Waals surface area contributed by atoms with Crippen LogP contribution in [0, 0.1) is 26.7 Å². The number of carbonyl (C=O) groups is 1. The Balaban J connectivity index is 0.00000288. The van der Waals surface area contributed by atoms with E-state index in [4.69, 9.17) is 4.74 Å². The first-order chi connectivity index (χ1) is 11.0. The van der Waals surface area contributed by atoms with E-state index in [2.05, 4.69) is 38.2 Å². The topological polar surface area (TPSA) is 41.6 Å². The van der Waals surface area contributed by atoms with Gasteiger partial charge in [0.2, 0.25) is 5.91 Å². The fourth-order valence-electron chi connectivity index (χ4n) is 3.30.